The molecule has 1 aliphatic heterocycles. The van der Waals surface area contributed by atoms with Gasteiger partial charge in [-0.25, -0.2) is 5.01 Å². The van der Waals surface area contributed by atoms with Gasteiger partial charge in [0.1, 0.15) is 5.76 Å². The number of rotatable bonds is 5. The summed E-state index contributed by atoms with van der Waals surface area (Å²) in [6.45, 7) is 0. The Labute approximate surface area is 196 Å². The number of carbonyl (C=O) groups is 2. The molecule has 0 bridgehead atoms. The largest absolute Gasteiger partial charge is 0.464 e. The van der Waals surface area contributed by atoms with Gasteiger partial charge in [0.2, 0.25) is 6.41 Å². The third-order valence-electron chi connectivity index (χ3n) is 6.10. The standard InChI is InChI=1S/C25H22N2O3S2/c28-16-26(18-9-2-1-3-10-18)27-24(29)23(32-25(27)31)15-22-21(13-14-30-22)20-12-6-8-17-7-4-5-11-19(17)20/h4-8,11-16,18H,1-3,9-10H2. The molecule has 0 N–H and O–H groups in total. The quantitative estimate of drug-likeness (QED) is 0.264. The average molecular weight is 463 g/mol. The first-order valence-electron chi connectivity index (χ1n) is 10.7. The van der Waals surface area contributed by atoms with Crippen molar-refractivity contribution < 1.29 is 14.0 Å². The van der Waals surface area contributed by atoms with Gasteiger partial charge in [-0.1, -0.05) is 73.5 Å². The number of thioether (sulfide) groups is 1. The first-order valence-corrected chi connectivity index (χ1v) is 12.0. The molecule has 2 amide bonds. The van der Waals surface area contributed by atoms with Gasteiger partial charge in [-0.15, -0.1) is 0 Å². The summed E-state index contributed by atoms with van der Waals surface area (Å²) in [6.07, 6.45) is 9.15. The number of benzene rings is 2. The van der Waals surface area contributed by atoms with Crippen molar-refractivity contribution in [3.8, 4) is 11.1 Å². The number of hydrogen-bond acceptors (Lipinski definition) is 5. The van der Waals surface area contributed by atoms with E-state index in [0.717, 1.165) is 60.4 Å². The van der Waals surface area contributed by atoms with Gasteiger partial charge in [0.25, 0.3) is 5.91 Å². The van der Waals surface area contributed by atoms with Crippen LogP contribution in [-0.4, -0.2) is 32.7 Å². The average Bonchev–Trinajstić information content (AvgIpc) is 3.40. The minimum atomic E-state index is -0.280. The zero-order chi connectivity index (χ0) is 22.1. The fourth-order valence-electron chi connectivity index (χ4n) is 4.54. The molecule has 1 saturated heterocycles. The van der Waals surface area contributed by atoms with E-state index < -0.39 is 0 Å². The lowest BCUT2D eigenvalue weighted by Crippen LogP contribution is -2.50. The Morgan fingerprint density at radius 1 is 1.03 bits per heavy atom. The van der Waals surface area contributed by atoms with Crippen molar-refractivity contribution in [2.45, 2.75) is 38.1 Å². The van der Waals surface area contributed by atoms with Gasteiger partial charge in [-0.3, -0.25) is 9.59 Å². The zero-order valence-electron chi connectivity index (χ0n) is 17.4. The molecular formula is C25H22N2O3S2. The molecule has 0 spiro atoms. The molecule has 7 heteroatoms. The Morgan fingerprint density at radius 2 is 1.81 bits per heavy atom. The van der Waals surface area contributed by atoms with Crippen LogP contribution in [0.15, 0.2) is 64.1 Å². The van der Waals surface area contributed by atoms with Gasteiger partial charge in [0.05, 0.1) is 17.2 Å². The lowest BCUT2D eigenvalue weighted by Gasteiger charge is -2.36. The summed E-state index contributed by atoms with van der Waals surface area (Å²) in [5, 5.41) is 5.10. The van der Waals surface area contributed by atoms with Crippen LogP contribution in [0.5, 0.6) is 0 Å². The third-order valence-corrected chi connectivity index (χ3v) is 7.38. The highest BCUT2D eigenvalue weighted by atomic mass is 32.2. The van der Waals surface area contributed by atoms with Crippen LogP contribution in [0.2, 0.25) is 0 Å². The first kappa shape index (κ1) is 21.0. The maximum absolute atomic E-state index is 13.3. The van der Waals surface area contributed by atoms with Crippen molar-refractivity contribution in [1.29, 1.82) is 0 Å². The summed E-state index contributed by atoms with van der Waals surface area (Å²) in [6, 6.07) is 16.2. The third kappa shape index (κ3) is 3.76. The normalized spacial score (nSPS) is 18.6. The fraction of sp³-hybridized carbons (Fsp3) is 0.240. The van der Waals surface area contributed by atoms with Crippen molar-refractivity contribution in [3.63, 3.8) is 0 Å². The number of fused-ring (bicyclic) bond motifs is 1. The van der Waals surface area contributed by atoms with E-state index in [0.29, 0.717) is 15.0 Å². The van der Waals surface area contributed by atoms with E-state index in [-0.39, 0.29) is 11.9 Å². The van der Waals surface area contributed by atoms with Crippen molar-refractivity contribution in [3.05, 3.63) is 65.5 Å². The molecule has 2 aromatic carbocycles. The molecule has 162 valence electrons. The molecule has 5 rings (SSSR count). The Bertz CT molecular complexity index is 1220. The number of furan rings is 1. The number of carbonyl (C=O) groups excluding carboxylic acids is 2. The van der Waals surface area contributed by atoms with Gasteiger partial charge in [-0.2, -0.15) is 5.01 Å². The molecule has 2 fully saturated rings. The topological polar surface area (TPSA) is 53.8 Å². The van der Waals surface area contributed by atoms with Crippen molar-refractivity contribution in [2.24, 2.45) is 0 Å². The van der Waals surface area contributed by atoms with E-state index in [9.17, 15) is 9.59 Å². The first-order chi connectivity index (χ1) is 15.7. The summed E-state index contributed by atoms with van der Waals surface area (Å²) in [5.41, 5.74) is 1.95. The van der Waals surface area contributed by atoms with Crippen LogP contribution in [-0.2, 0) is 9.59 Å². The van der Waals surface area contributed by atoms with Crippen LogP contribution in [0.3, 0.4) is 0 Å². The summed E-state index contributed by atoms with van der Waals surface area (Å²) in [5.74, 6) is 0.315. The van der Waals surface area contributed by atoms with Gasteiger partial charge >= 0.3 is 0 Å². The Morgan fingerprint density at radius 3 is 2.62 bits per heavy atom. The van der Waals surface area contributed by atoms with Crippen LogP contribution >= 0.6 is 24.0 Å². The van der Waals surface area contributed by atoms with E-state index in [2.05, 4.69) is 18.2 Å². The van der Waals surface area contributed by atoms with Crippen molar-refractivity contribution in [1.82, 2.24) is 10.0 Å². The summed E-state index contributed by atoms with van der Waals surface area (Å²) in [4.78, 5) is 25.6. The van der Waals surface area contributed by atoms with Crippen LogP contribution < -0.4 is 0 Å². The van der Waals surface area contributed by atoms with Crippen LogP contribution in [0, 0.1) is 0 Å². The molecule has 2 heterocycles. The highest BCUT2D eigenvalue weighted by molar-refractivity contribution is 8.26. The van der Waals surface area contributed by atoms with Crippen molar-refractivity contribution >= 4 is 57.5 Å². The van der Waals surface area contributed by atoms with E-state index in [1.165, 1.54) is 21.8 Å². The molecule has 0 radical (unpaired) electrons. The molecular weight excluding hydrogens is 440 g/mol. The highest BCUT2D eigenvalue weighted by Crippen LogP contribution is 2.38. The maximum atomic E-state index is 13.3. The molecule has 32 heavy (non-hydrogen) atoms. The number of hydrogen-bond donors (Lipinski definition) is 0. The smallest absolute Gasteiger partial charge is 0.285 e. The van der Waals surface area contributed by atoms with Crippen LogP contribution in [0.4, 0.5) is 0 Å². The molecule has 1 aromatic heterocycles. The molecule has 2 aliphatic rings. The number of hydrazine groups is 1. The molecule has 0 atom stereocenters. The maximum Gasteiger partial charge on any atom is 0.285 e. The van der Waals surface area contributed by atoms with E-state index in [4.69, 9.17) is 16.6 Å². The molecule has 0 unspecified atom stereocenters. The predicted molar refractivity (Wildman–Crippen MR) is 131 cm³/mol. The Hall–Kier alpha value is -2.90. The minimum Gasteiger partial charge on any atom is -0.464 e. The monoisotopic (exact) mass is 462 g/mol. The van der Waals surface area contributed by atoms with Crippen molar-refractivity contribution in [2.75, 3.05) is 0 Å². The van der Waals surface area contributed by atoms with Gasteiger partial charge in [-0.05, 0) is 47.5 Å². The summed E-state index contributed by atoms with van der Waals surface area (Å²) >= 11 is 6.69. The fourth-order valence-corrected chi connectivity index (χ4v) is 5.77. The lowest BCUT2D eigenvalue weighted by molar-refractivity contribution is -0.147. The molecule has 1 aliphatic carbocycles. The zero-order valence-corrected chi connectivity index (χ0v) is 19.0. The van der Waals surface area contributed by atoms with Gasteiger partial charge in [0, 0.05) is 11.6 Å². The molecule has 5 nitrogen and oxygen atoms in total. The van der Waals surface area contributed by atoms with E-state index >= 15 is 0 Å². The summed E-state index contributed by atoms with van der Waals surface area (Å²) in [7, 11) is 0. The molecule has 3 aromatic rings. The Kier molecular flexibility index (Phi) is 5.85. The van der Waals surface area contributed by atoms with E-state index in [1.54, 1.807) is 12.3 Å². The van der Waals surface area contributed by atoms with Gasteiger partial charge in [0.15, 0.2) is 4.32 Å². The second-order valence-corrected chi connectivity index (χ2v) is 9.67. The molecule has 1 saturated carbocycles. The van der Waals surface area contributed by atoms with Crippen LogP contribution in [0.1, 0.15) is 37.9 Å². The number of thiocarbonyl (C=S) groups is 1. The highest BCUT2D eigenvalue weighted by Gasteiger charge is 2.39. The SMILES string of the molecule is O=CN(C1CCCCC1)N1C(=O)C(=Cc2occc2-c2cccc3ccccc23)SC1=S. The number of nitrogens with zero attached hydrogens (tertiary/aromatic N) is 2. The minimum absolute atomic E-state index is 0.0120. The second-order valence-electron chi connectivity index (χ2n) is 8.00. The van der Waals surface area contributed by atoms with E-state index in [1.807, 2.05) is 30.3 Å². The van der Waals surface area contributed by atoms with Gasteiger partial charge < -0.3 is 4.42 Å². The Balaban J connectivity index is 1.48. The second kappa shape index (κ2) is 8.92. The number of amides is 2. The predicted octanol–water partition coefficient (Wildman–Crippen LogP) is 6.01. The summed E-state index contributed by atoms with van der Waals surface area (Å²) < 4.78 is 6.14. The lowest BCUT2D eigenvalue weighted by atomic mass is 9.95. The van der Waals surface area contributed by atoms with Crippen LogP contribution in [0.25, 0.3) is 28.0 Å².